The predicted octanol–water partition coefficient (Wildman–Crippen LogP) is 3.14. The summed E-state index contributed by atoms with van der Waals surface area (Å²) in [5, 5.41) is 0. The van der Waals surface area contributed by atoms with E-state index in [0.29, 0.717) is 0 Å². The second-order valence-corrected chi connectivity index (χ2v) is 5.64. The van der Waals surface area contributed by atoms with Gasteiger partial charge in [-0.1, -0.05) is 6.07 Å². The van der Waals surface area contributed by atoms with Crippen LogP contribution in [-0.2, 0) is 0 Å². The van der Waals surface area contributed by atoms with Crippen molar-refractivity contribution in [2.24, 2.45) is 0 Å². The highest BCUT2D eigenvalue weighted by Gasteiger charge is 2.21. The Morgan fingerprint density at radius 3 is 2.57 bits per heavy atom. The minimum atomic E-state index is 0.263. The fourth-order valence-corrected chi connectivity index (χ4v) is 2.73. The highest BCUT2D eigenvalue weighted by molar-refractivity contribution is 5.51. The Balaban J connectivity index is 1.58. The molecule has 0 amide bonds. The quantitative estimate of drug-likeness (QED) is 0.867. The summed E-state index contributed by atoms with van der Waals surface area (Å²) in [6, 6.07) is 6.09. The van der Waals surface area contributed by atoms with Gasteiger partial charge in [0.1, 0.15) is 6.10 Å². The highest BCUT2D eigenvalue weighted by Crippen LogP contribution is 2.24. The van der Waals surface area contributed by atoms with E-state index in [1.54, 1.807) is 0 Å². The molecule has 0 bridgehead atoms. The molecular weight excluding hydrogens is 262 g/mol. The number of hydrogen-bond acceptors (Lipinski definition) is 4. The molecule has 1 saturated heterocycles. The Morgan fingerprint density at radius 1 is 1.10 bits per heavy atom. The Morgan fingerprint density at radius 2 is 1.90 bits per heavy atom. The second kappa shape index (κ2) is 6.12. The van der Waals surface area contributed by atoms with Gasteiger partial charge in [-0.2, -0.15) is 0 Å². The number of anilines is 1. The lowest BCUT2D eigenvalue weighted by Crippen LogP contribution is -2.38. The van der Waals surface area contributed by atoms with Gasteiger partial charge in [0.05, 0.1) is 0 Å². The summed E-state index contributed by atoms with van der Waals surface area (Å²) in [4.78, 5) is 10.9. The summed E-state index contributed by atoms with van der Waals surface area (Å²) < 4.78 is 5.97. The van der Waals surface area contributed by atoms with Crippen LogP contribution >= 0.6 is 0 Å². The average Bonchev–Trinajstić information content (AvgIpc) is 2.51. The van der Waals surface area contributed by atoms with Crippen molar-refractivity contribution in [1.82, 2.24) is 9.97 Å². The topological polar surface area (TPSA) is 38.2 Å². The van der Waals surface area contributed by atoms with Gasteiger partial charge < -0.3 is 9.64 Å². The van der Waals surface area contributed by atoms with Crippen LogP contribution in [0.5, 0.6) is 5.88 Å². The molecule has 0 saturated carbocycles. The van der Waals surface area contributed by atoms with Crippen LogP contribution in [0, 0.1) is 13.8 Å². The van der Waals surface area contributed by atoms with Crippen molar-refractivity contribution in [3.63, 3.8) is 0 Å². The molecular formula is C17H21N3O. The molecule has 21 heavy (non-hydrogen) atoms. The molecule has 1 aliphatic rings. The zero-order chi connectivity index (χ0) is 14.7. The average molecular weight is 283 g/mol. The van der Waals surface area contributed by atoms with Gasteiger partial charge in [-0.25, -0.2) is 4.98 Å². The molecule has 0 radical (unpaired) electrons. The molecule has 0 aromatic carbocycles. The van der Waals surface area contributed by atoms with Crippen LogP contribution in [0.15, 0.2) is 36.8 Å². The molecule has 1 aliphatic heterocycles. The maximum Gasteiger partial charge on any atom is 0.213 e. The van der Waals surface area contributed by atoms with E-state index in [9.17, 15) is 0 Å². The van der Waals surface area contributed by atoms with E-state index in [1.807, 2.05) is 37.6 Å². The standard InChI is InChI=1S/C17H21N3O/c1-13-3-4-17(19-11-13)21-15-6-9-20(10-7-15)16-5-8-18-12-14(16)2/h3-5,8,11-12,15H,6-7,9-10H2,1-2H3. The van der Waals surface area contributed by atoms with E-state index in [4.69, 9.17) is 4.74 Å². The fourth-order valence-electron chi connectivity index (χ4n) is 2.73. The van der Waals surface area contributed by atoms with E-state index in [0.717, 1.165) is 37.4 Å². The van der Waals surface area contributed by atoms with Crippen molar-refractivity contribution >= 4 is 5.69 Å². The van der Waals surface area contributed by atoms with Crippen molar-refractivity contribution in [3.8, 4) is 5.88 Å². The van der Waals surface area contributed by atoms with E-state index in [1.165, 1.54) is 11.3 Å². The number of rotatable bonds is 3. The van der Waals surface area contributed by atoms with Gasteiger partial charge in [0.15, 0.2) is 0 Å². The van der Waals surface area contributed by atoms with Gasteiger partial charge in [-0.3, -0.25) is 4.98 Å². The lowest BCUT2D eigenvalue weighted by molar-refractivity contribution is 0.164. The Kier molecular flexibility index (Phi) is 4.04. The molecule has 3 rings (SSSR count). The third-order valence-corrected chi connectivity index (χ3v) is 3.94. The van der Waals surface area contributed by atoms with Gasteiger partial charge in [0.2, 0.25) is 5.88 Å². The summed E-state index contributed by atoms with van der Waals surface area (Å²) in [6.45, 7) is 6.18. The van der Waals surface area contributed by atoms with E-state index < -0.39 is 0 Å². The maximum absolute atomic E-state index is 5.97. The summed E-state index contributed by atoms with van der Waals surface area (Å²) in [5.74, 6) is 0.735. The van der Waals surface area contributed by atoms with Gasteiger partial charge in [-0.15, -0.1) is 0 Å². The highest BCUT2D eigenvalue weighted by atomic mass is 16.5. The van der Waals surface area contributed by atoms with Crippen LogP contribution in [0.4, 0.5) is 5.69 Å². The molecule has 0 unspecified atom stereocenters. The van der Waals surface area contributed by atoms with Crippen LogP contribution in [-0.4, -0.2) is 29.2 Å². The fraction of sp³-hybridized carbons (Fsp3) is 0.412. The van der Waals surface area contributed by atoms with E-state index in [2.05, 4.69) is 27.9 Å². The molecule has 0 atom stereocenters. The van der Waals surface area contributed by atoms with Crippen molar-refractivity contribution in [1.29, 1.82) is 0 Å². The number of aryl methyl sites for hydroxylation is 2. The minimum absolute atomic E-state index is 0.263. The third-order valence-electron chi connectivity index (χ3n) is 3.94. The lowest BCUT2D eigenvalue weighted by Gasteiger charge is -2.34. The minimum Gasteiger partial charge on any atom is -0.474 e. The van der Waals surface area contributed by atoms with Crippen molar-refractivity contribution in [2.45, 2.75) is 32.8 Å². The molecule has 4 nitrogen and oxygen atoms in total. The zero-order valence-electron chi connectivity index (χ0n) is 12.6. The Bertz CT molecular complexity index is 589. The smallest absolute Gasteiger partial charge is 0.213 e. The second-order valence-electron chi connectivity index (χ2n) is 5.64. The van der Waals surface area contributed by atoms with Crippen LogP contribution in [0.3, 0.4) is 0 Å². The Labute approximate surface area is 125 Å². The number of hydrogen-bond donors (Lipinski definition) is 0. The molecule has 110 valence electrons. The molecule has 0 N–H and O–H groups in total. The molecule has 1 fully saturated rings. The number of nitrogens with zero attached hydrogens (tertiary/aromatic N) is 3. The van der Waals surface area contributed by atoms with Crippen LogP contribution < -0.4 is 9.64 Å². The molecule has 4 heteroatoms. The summed E-state index contributed by atoms with van der Waals surface area (Å²) in [7, 11) is 0. The van der Waals surface area contributed by atoms with Gasteiger partial charge >= 0.3 is 0 Å². The summed E-state index contributed by atoms with van der Waals surface area (Å²) in [5.41, 5.74) is 3.68. The molecule has 0 aliphatic carbocycles. The van der Waals surface area contributed by atoms with Crippen molar-refractivity contribution < 1.29 is 4.74 Å². The summed E-state index contributed by atoms with van der Waals surface area (Å²) in [6.07, 6.45) is 7.95. The molecule has 0 spiro atoms. The lowest BCUT2D eigenvalue weighted by atomic mass is 10.1. The Hall–Kier alpha value is -2.10. The first-order valence-electron chi connectivity index (χ1n) is 7.47. The van der Waals surface area contributed by atoms with Crippen LogP contribution in [0.25, 0.3) is 0 Å². The maximum atomic E-state index is 5.97. The zero-order valence-corrected chi connectivity index (χ0v) is 12.6. The molecule has 2 aromatic heterocycles. The number of piperidine rings is 1. The SMILES string of the molecule is Cc1ccc(OC2CCN(c3ccncc3C)CC2)nc1. The molecule has 2 aromatic rings. The van der Waals surface area contributed by atoms with Crippen LogP contribution in [0.1, 0.15) is 24.0 Å². The number of aromatic nitrogens is 2. The number of ether oxygens (including phenoxy) is 1. The first kappa shape index (κ1) is 13.9. The third kappa shape index (κ3) is 3.32. The van der Waals surface area contributed by atoms with Gasteiger partial charge in [-0.05, 0) is 31.0 Å². The van der Waals surface area contributed by atoms with Crippen molar-refractivity contribution in [2.75, 3.05) is 18.0 Å². The first-order valence-corrected chi connectivity index (χ1v) is 7.47. The monoisotopic (exact) mass is 283 g/mol. The summed E-state index contributed by atoms with van der Waals surface area (Å²) >= 11 is 0. The largest absolute Gasteiger partial charge is 0.474 e. The van der Waals surface area contributed by atoms with Crippen molar-refractivity contribution in [3.05, 3.63) is 47.9 Å². The van der Waals surface area contributed by atoms with E-state index >= 15 is 0 Å². The first-order chi connectivity index (χ1) is 10.2. The molecule has 3 heterocycles. The predicted molar refractivity (Wildman–Crippen MR) is 83.8 cm³/mol. The van der Waals surface area contributed by atoms with Gasteiger partial charge in [0.25, 0.3) is 0 Å². The van der Waals surface area contributed by atoms with Crippen LogP contribution in [0.2, 0.25) is 0 Å². The normalized spacial score (nSPS) is 16.0. The van der Waals surface area contributed by atoms with Gasteiger partial charge in [0, 0.05) is 56.3 Å². The van der Waals surface area contributed by atoms with E-state index in [-0.39, 0.29) is 6.10 Å². The number of pyridine rings is 2.